The van der Waals surface area contributed by atoms with Crippen molar-refractivity contribution in [3.05, 3.63) is 154 Å². The summed E-state index contributed by atoms with van der Waals surface area (Å²) in [6.45, 7) is 17.2. The molecule has 3 saturated heterocycles. The Labute approximate surface area is 472 Å². The average molecular weight is 1140 g/mol. The molecule has 4 aromatic carbocycles. The summed E-state index contributed by atoms with van der Waals surface area (Å²) in [5.74, 6) is 0.336. The van der Waals surface area contributed by atoms with E-state index in [0.29, 0.717) is 51.4 Å². The van der Waals surface area contributed by atoms with Crippen molar-refractivity contribution in [3.63, 3.8) is 0 Å². The molecule has 0 unspecified atom stereocenters. The van der Waals surface area contributed by atoms with E-state index in [-0.39, 0.29) is 42.3 Å². The minimum Gasteiger partial charge on any atom is -0.444 e. The summed E-state index contributed by atoms with van der Waals surface area (Å²) in [5, 5.41) is 11.8. The second-order valence-corrected chi connectivity index (χ2v) is 21.2. The highest BCUT2D eigenvalue weighted by atomic mass is 19.4. The second kappa shape index (κ2) is 26.5. The number of piperazine rings is 2. The van der Waals surface area contributed by atoms with E-state index in [9.17, 15) is 40.7 Å². The zero-order valence-electron chi connectivity index (χ0n) is 46.3. The molecule has 3 fully saturated rings. The molecule has 6 N–H and O–H groups in total. The van der Waals surface area contributed by atoms with Crippen LogP contribution >= 0.6 is 0 Å². The monoisotopic (exact) mass is 1140 g/mol. The summed E-state index contributed by atoms with van der Waals surface area (Å²) in [6, 6.07) is 23.3. The van der Waals surface area contributed by atoms with Gasteiger partial charge >= 0.3 is 18.4 Å². The molecule has 9 rings (SSSR count). The molecule has 6 aromatic rings. The van der Waals surface area contributed by atoms with Crippen molar-refractivity contribution >= 4 is 29.8 Å². The van der Waals surface area contributed by atoms with Crippen molar-refractivity contribution in [1.82, 2.24) is 46.1 Å². The SMILES string of the molecule is C[C@@H](NC(=O)c1ccnc(N2CCN(C[C@@H]3CCO3)CC2)n1)c1ccc(-c2cc(C(F)(F)F)ccc2CN)cc1.C[C@@H](NC(=O)c1ccnc(N2CCNCC2)n1)c1ccc(-c2cc(C(F)(F)F)ccc2CNC(=O)OC(C)(C)C)cc1. The predicted molar refractivity (Wildman–Crippen MR) is 299 cm³/mol. The fraction of sp³-hybridized carbons (Fsp3) is 0.407. The lowest BCUT2D eigenvalue weighted by Gasteiger charge is -2.38. The number of amides is 3. The van der Waals surface area contributed by atoms with Gasteiger partial charge in [0.25, 0.3) is 11.8 Å². The Balaban J connectivity index is 0.000000215. The maximum absolute atomic E-state index is 13.5. The molecule has 82 heavy (non-hydrogen) atoms. The summed E-state index contributed by atoms with van der Waals surface area (Å²) < 4.78 is 91.2. The Morgan fingerprint density at radius 2 is 1.13 bits per heavy atom. The first-order chi connectivity index (χ1) is 39.0. The van der Waals surface area contributed by atoms with Crippen molar-refractivity contribution in [2.24, 2.45) is 5.73 Å². The van der Waals surface area contributed by atoms with Gasteiger partial charge < -0.3 is 46.3 Å². The Bertz CT molecular complexity index is 3140. The van der Waals surface area contributed by atoms with E-state index in [0.717, 1.165) is 107 Å². The Kier molecular flexibility index (Phi) is 19.5. The highest BCUT2D eigenvalue weighted by Crippen LogP contribution is 2.36. The molecular weight excluding hydrogens is 1070 g/mol. The van der Waals surface area contributed by atoms with E-state index in [1.54, 1.807) is 93.8 Å². The Morgan fingerprint density at radius 1 is 0.671 bits per heavy atom. The highest BCUT2D eigenvalue weighted by Gasteiger charge is 2.33. The number of alkyl carbamates (subject to hydrolysis) is 1. The number of benzene rings is 4. The molecule has 0 saturated carbocycles. The van der Waals surface area contributed by atoms with E-state index >= 15 is 0 Å². The van der Waals surface area contributed by atoms with Gasteiger partial charge in [0.2, 0.25) is 11.9 Å². The van der Waals surface area contributed by atoms with Crippen molar-refractivity contribution in [3.8, 4) is 22.3 Å². The van der Waals surface area contributed by atoms with Gasteiger partial charge in [0.15, 0.2) is 0 Å². The number of alkyl halides is 6. The van der Waals surface area contributed by atoms with Crippen LogP contribution in [0.2, 0.25) is 0 Å². The molecule has 0 radical (unpaired) electrons. The van der Waals surface area contributed by atoms with Gasteiger partial charge in [-0.25, -0.2) is 24.7 Å². The number of carbonyl (C=O) groups excluding carboxylic acids is 3. The molecule has 3 aliphatic rings. The van der Waals surface area contributed by atoms with Crippen LogP contribution in [0.3, 0.4) is 0 Å². The number of carbonyl (C=O) groups is 3. The van der Waals surface area contributed by atoms with Crippen LogP contribution in [-0.4, -0.2) is 120 Å². The van der Waals surface area contributed by atoms with Crippen molar-refractivity contribution in [2.75, 3.05) is 75.3 Å². The first-order valence-electron chi connectivity index (χ1n) is 27.1. The smallest absolute Gasteiger partial charge is 0.416 e. The van der Waals surface area contributed by atoms with Crippen LogP contribution in [-0.2, 0) is 34.9 Å². The summed E-state index contributed by atoms with van der Waals surface area (Å²) in [4.78, 5) is 62.2. The normalized spacial score (nSPS) is 16.7. The third-order valence-electron chi connectivity index (χ3n) is 14.1. The molecule has 2 aromatic heterocycles. The van der Waals surface area contributed by atoms with E-state index in [2.05, 4.69) is 51.0 Å². The molecule has 17 nitrogen and oxygen atoms in total. The van der Waals surface area contributed by atoms with Gasteiger partial charge in [0.05, 0.1) is 29.3 Å². The molecule has 3 aliphatic heterocycles. The number of hydrogen-bond donors (Lipinski definition) is 5. The quantitative estimate of drug-likeness (QED) is 0.0609. The Hall–Kier alpha value is -7.73. The molecule has 23 heteroatoms. The van der Waals surface area contributed by atoms with E-state index < -0.39 is 41.2 Å². The van der Waals surface area contributed by atoms with E-state index in [4.69, 9.17) is 15.2 Å². The number of anilines is 2. The van der Waals surface area contributed by atoms with Crippen LogP contribution in [0.1, 0.15) is 107 Å². The maximum Gasteiger partial charge on any atom is 0.416 e. The lowest BCUT2D eigenvalue weighted by molar-refractivity contribution is -0.138. The first kappa shape index (κ1) is 60.4. The number of nitrogens with two attached hydrogens (primary N) is 1. The van der Waals surface area contributed by atoms with Crippen LogP contribution in [0.15, 0.2) is 109 Å². The largest absolute Gasteiger partial charge is 0.444 e. The third-order valence-corrected chi connectivity index (χ3v) is 14.1. The van der Waals surface area contributed by atoms with Gasteiger partial charge in [0.1, 0.15) is 17.0 Å². The summed E-state index contributed by atoms with van der Waals surface area (Å²) in [7, 11) is 0. The maximum atomic E-state index is 13.5. The number of rotatable bonds is 15. The van der Waals surface area contributed by atoms with E-state index in [1.807, 2.05) is 18.7 Å². The van der Waals surface area contributed by atoms with Crippen LogP contribution in [0.25, 0.3) is 22.3 Å². The van der Waals surface area contributed by atoms with Gasteiger partial charge in [-0.1, -0.05) is 60.7 Å². The first-order valence-corrected chi connectivity index (χ1v) is 27.1. The molecule has 3 amide bonds. The second-order valence-electron chi connectivity index (χ2n) is 21.2. The molecular formula is C59H68F6N12O5. The van der Waals surface area contributed by atoms with Crippen LogP contribution in [0, 0.1) is 0 Å². The number of nitrogens with zero attached hydrogens (tertiary/aromatic N) is 7. The number of ether oxygens (including phenoxy) is 2. The van der Waals surface area contributed by atoms with Crippen LogP contribution in [0.5, 0.6) is 0 Å². The van der Waals surface area contributed by atoms with Crippen molar-refractivity contribution < 1.29 is 50.2 Å². The number of hydrogen-bond acceptors (Lipinski definition) is 14. The molecule has 0 aliphatic carbocycles. The molecule has 3 atom stereocenters. The molecule has 5 heterocycles. The summed E-state index contributed by atoms with van der Waals surface area (Å²) >= 11 is 0. The van der Waals surface area contributed by atoms with Crippen molar-refractivity contribution in [1.29, 1.82) is 0 Å². The summed E-state index contributed by atoms with van der Waals surface area (Å²) in [6.07, 6.45) is -5.03. The van der Waals surface area contributed by atoms with Crippen molar-refractivity contribution in [2.45, 2.75) is 90.3 Å². The fourth-order valence-electron chi connectivity index (χ4n) is 9.43. The lowest BCUT2D eigenvalue weighted by Crippen LogP contribution is -2.50. The van der Waals surface area contributed by atoms with Gasteiger partial charge in [-0.2, -0.15) is 26.3 Å². The zero-order chi connectivity index (χ0) is 58.8. The molecule has 436 valence electrons. The number of aromatic nitrogens is 4. The minimum absolute atomic E-state index is 0.0224. The van der Waals surface area contributed by atoms with Crippen LogP contribution < -0.4 is 36.8 Å². The predicted octanol–water partition coefficient (Wildman–Crippen LogP) is 9.11. The lowest BCUT2D eigenvalue weighted by atomic mass is 9.95. The minimum atomic E-state index is -4.53. The number of nitrogens with one attached hydrogen (secondary N) is 4. The summed E-state index contributed by atoms with van der Waals surface area (Å²) in [5.41, 5.74) is 8.64. The standard InChI is InChI=1S/C30H35F3N6O3.C29H33F3N6O2/c1-19(37-26(40)25-11-12-35-27(38-25)39-15-13-34-14-16-39)20-5-7-21(8-6-20)24-17-23(30(31,32)33)10-9-22(24)18-36-28(41)42-29(2,3)4;1-19(20-2-4-21(5-3-20)25-16-23(29(30,31)32)7-6-22(25)17-33)35-27(39)26-8-10-34-28(36-26)38-13-11-37(12-14-38)18-24-9-15-40-24/h5-12,17,19,34H,13-16,18H2,1-4H3,(H,36,41)(H,37,40);2-8,10,16,19,24H,9,11-15,17-18,33H2,1H3,(H,35,39)/t19-;19-,24+/m11/s1. The molecule has 0 spiro atoms. The highest BCUT2D eigenvalue weighted by molar-refractivity contribution is 5.93. The fourth-order valence-corrected chi connectivity index (χ4v) is 9.43. The Morgan fingerprint density at radius 3 is 1.57 bits per heavy atom. The zero-order valence-corrected chi connectivity index (χ0v) is 46.3. The number of halogens is 6. The topological polar surface area (TPSA) is 205 Å². The van der Waals surface area contributed by atoms with Gasteiger partial charge in [0, 0.05) is 91.0 Å². The average Bonchev–Trinajstić information content (AvgIpc) is 3.59. The van der Waals surface area contributed by atoms with E-state index in [1.165, 1.54) is 12.1 Å². The van der Waals surface area contributed by atoms with Gasteiger partial charge in [-0.05, 0) is 122 Å². The van der Waals surface area contributed by atoms with Gasteiger partial charge in [-0.3, -0.25) is 14.5 Å². The molecule has 0 bridgehead atoms. The van der Waals surface area contributed by atoms with Crippen LogP contribution in [0.4, 0.5) is 43.0 Å². The third kappa shape index (κ3) is 16.3. The van der Waals surface area contributed by atoms with Gasteiger partial charge in [-0.15, -0.1) is 0 Å².